The largest absolute Gasteiger partial charge is 0.388 e. The molecule has 0 aliphatic heterocycles. The van der Waals surface area contributed by atoms with E-state index in [4.69, 9.17) is 11.6 Å². The smallest absolute Gasteiger partial charge is 0.160 e. The summed E-state index contributed by atoms with van der Waals surface area (Å²) in [7, 11) is 0. The third kappa shape index (κ3) is 0.861. The maximum Gasteiger partial charge on any atom is 0.160 e. The van der Waals surface area contributed by atoms with Crippen LogP contribution in [0.4, 0.5) is 0 Å². The fourth-order valence-corrected chi connectivity index (χ4v) is 3.24. The highest BCUT2D eigenvalue weighted by molar-refractivity contribution is 6.34. The van der Waals surface area contributed by atoms with Crippen LogP contribution < -0.4 is 0 Å². The summed E-state index contributed by atoms with van der Waals surface area (Å²) in [5.41, 5.74) is -1.28. The molecule has 3 heteroatoms. The number of alkyl halides is 1. The number of aliphatic hydroxyl groups is 1. The van der Waals surface area contributed by atoms with Gasteiger partial charge in [-0.25, -0.2) is 0 Å². The van der Waals surface area contributed by atoms with E-state index >= 15 is 0 Å². The lowest BCUT2D eigenvalue weighted by atomic mass is 9.89. The second-order valence-electron chi connectivity index (χ2n) is 4.90. The molecule has 2 aliphatic carbocycles. The molecule has 0 heterocycles. The van der Waals surface area contributed by atoms with E-state index in [1.807, 2.05) is 13.8 Å². The monoisotopic (exact) mass is 202 g/mol. The lowest BCUT2D eigenvalue weighted by Gasteiger charge is -2.21. The first-order chi connectivity index (χ1) is 5.85. The maximum absolute atomic E-state index is 11.8. The van der Waals surface area contributed by atoms with Gasteiger partial charge in [0.25, 0.3) is 0 Å². The Balaban J connectivity index is 2.38. The van der Waals surface area contributed by atoms with Crippen molar-refractivity contribution in [3.63, 3.8) is 0 Å². The predicted octanol–water partition coefficient (Wildman–Crippen LogP) is 1.59. The zero-order chi connectivity index (χ0) is 10.0. The molecular weight excluding hydrogens is 188 g/mol. The summed E-state index contributed by atoms with van der Waals surface area (Å²) in [5.74, 6) is 0.439. The van der Waals surface area contributed by atoms with Gasteiger partial charge in [-0.15, -0.1) is 11.6 Å². The van der Waals surface area contributed by atoms with Gasteiger partial charge in [0.15, 0.2) is 5.78 Å². The first kappa shape index (κ1) is 9.47. The van der Waals surface area contributed by atoms with Gasteiger partial charge >= 0.3 is 0 Å². The topological polar surface area (TPSA) is 37.3 Å². The number of carbonyl (C=O) groups is 1. The molecule has 0 amide bonds. The first-order valence-corrected chi connectivity index (χ1v) is 5.19. The molecule has 13 heavy (non-hydrogen) atoms. The van der Waals surface area contributed by atoms with Gasteiger partial charge in [-0.3, -0.25) is 4.79 Å². The number of ketones is 1. The molecule has 0 bridgehead atoms. The van der Waals surface area contributed by atoms with E-state index in [1.165, 1.54) is 0 Å². The molecule has 0 saturated heterocycles. The molecule has 0 spiro atoms. The number of hydrogen-bond acceptors (Lipinski definition) is 2. The van der Waals surface area contributed by atoms with Crippen LogP contribution >= 0.6 is 11.6 Å². The first-order valence-electron chi connectivity index (χ1n) is 4.76. The van der Waals surface area contributed by atoms with Crippen LogP contribution in [0.15, 0.2) is 0 Å². The van der Waals surface area contributed by atoms with Gasteiger partial charge in [-0.2, -0.15) is 0 Å². The Morgan fingerprint density at radius 3 is 2.38 bits per heavy atom. The Morgan fingerprint density at radius 2 is 2.15 bits per heavy atom. The van der Waals surface area contributed by atoms with Crippen molar-refractivity contribution in [3.05, 3.63) is 0 Å². The molecule has 0 unspecified atom stereocenters. The summed E-state index contributed by atoms with van der Waals surface area (Å²) in [6, 6.07) is 0. The molecule has 0 aromatic heterocycles. The molecule has 2 saturated carbocycles. The molecular formula is C10H15ClO2. The average molecular weight is 203 g/mol. The minimum Gasteiger partial charge on any atom is -0.388 e. The minimum atomic E-state index is -0.983. The third-order valence-electron chi connectivity index (χ3n) is 3.94. The number of fused-ring (bicyclic) bond motifs is 1. The molecule has 4 atom stereocenters. The van der Waals surface area contributed by atoms with Crippen LogP contribution in [-0.4, -0.2) is 21.9 Å². The SMILES string of the molecule is CC(C)[C@]12C[C@H]1[C@@](C)(O)[C@H](Cl)C2=O. The van der Waals surface area contributed by atoms with E-state index in [2.05, 4.69) is 0 Å². The average Bonchev–Trinajstić information content (AvgIpc) is 2.73. The van der Waals surface area contributed by atoms with Crippen LogP contribution in [0.5, 0.6) is 0 Å². The van der Waals surface area contributed by atoms with Crippen LogP contribution in [0.1, 0.15) is 27.2 Å². The van der Waals surface area contributed by atoms with Crippen LogP contribution in [0.2, 0.25) is 0 Å². The Labute approximate surface area is 83.3 Å². The zero-order valence-corrected chi connectivity index (χ0v) is 8.93. The number of carbonyl (C=O) groups excluding carboxylic acids is 1. The van der Waals surface area contributed by atoms with Crippen LogP contribution in [0.3, 0.4) is 0 Å². The molecule has 74 valence electrons. The van der Waals surface area contributed by atoms with Gasteiger partial charge in [0, 0.05) is 11.3 Å². The summed E-state index contributed by atoms with van der Waals surface area (Å²) < 4.78 is 0. The van der Waals surface area contributed by atoms with Crippen molar-refractivity contribution >= 4 is 17.4 Å². The van der Waals surface area contributed by atoms with E-state index in [9.17, 15) is 9.90 Å². The van der Waals surface area contributed by atoms with E-state index in [1.54, 1.807) is 6.92 Å². The lowest BCUT2D eigenvalue weighted by molar-refractivity contribution is -0.124. The minimum absolute atomic E-state index is 0.0548. The van der Waals surface area contributed by atoms with E-state index in [0.717, 1.165) is 6.42 Å². The van der Waals surface area contributed by atoms with Crippen molar-refractivity contribution in [2.24, 2.45) is 17.3 Å². The summed E-state index contributed by atoms with van der Waals surface area (Å²) in [4.78, 5) is 11.8. The zero-order valence-electron chi connectivity index (χ0n) is 8.17. The van der Waals surface area contributed by atoms with Crippen molar-refractivity contribution in [2.75, 3.05) is 0 Å². The molecule has 0 radical (unpaired) electrons. The molecule has 2 nitrogen and oxygen atoms in total. The van der Waals surface area contributed by atoms with Crippen LogP contribution in [0, 0.1) is 17.3 Å². The number of halogens is 1. The molecule has 1 N–H and O–H groups in total. The second kappa shape index (κ2) is 2.29. The van der Waals surface area contributed by atoms with E-state index < -0.39 is 11.0 Å². The summed E-state index contributed by atoms with van der Waals surface area (Å²) in [5, 5.41) is 9.30. The Bertz CT molecular complexity index is 272. The van der Waals surface area contributed by atoms with E-state index in [0.29, 0.717) is 5.92 Å². The summed E-state index contributed by atoms with van der Waals surface area (Å²) in [6.45, 7) is 5.75. The van der Waals surface area contributed by atoms with Gasteiger partial charge in [-0.05, 0) is 19.3 Å². The predicted molar refractivity (Wildman–Crippen MR) is 50.6 cm³/mol. The molecule has 0 aromatic rings. The Morgan fingerprint density at radius 1 is 1.62 bits per heavy atom. The van der Waals surface area contributed by atoms with Crippen molar-refractivity contribution in [3.8, 4) is 0 Å². The fourth-order valence-electron chi connectivity index (χ4n) is 2.88. The fraction of sp³-hybridized carbons (Fsp3) is 0.900. The molecule has 2 aliphatic rings. The van der Waals surface area contributed by atoms with Gasteiger partial charge in [0.2, 0.25) is 0 Å². The van der Waals surface area contributed by atoms with Gasteiger partial charge in [0.1, 0.15) is 5.38 Å². The highest BCUT2D eigenvalue weighted by Gasteiger charge is 2.76. The third-order valence-corrected chi connectivity index (χ3v) is 4.58. The Kier molecular flexibility index (Phi) is 1.67. The number of rotatable bonds is 1. The standard InChI is InChI=1S/C10H15ClO2/c1-5(2)10-4-6(10)9(3,13)7(11)8(10)12/h5-7,13H,4H2,1-3H3/t6-,7+,9+,10+/m0/s1. The summed E-state index contributed by atoms with van der Waals surface area (Å²) in [6.07, 6.45) is 0.819. The normalized spacial score (nSPS) is 54.2. The van der Waals surface area contributed by atoms with Crippen molar-refractivity contribution in [1.29, 1.82) is 0 Å². The van der Waals surface area contributed by atoms with Crippen molar-refractivity contribution < 1.29 is 9.90 Å². The summed E-state index contributed by atoms with van der Waals surface area (Å²) >= 11 is 5.91. The molecule has 0 aromatic carbocycles. The lowest BCUT2D eigenvalue weighted by Crippen LogP contribution is -2.37. The van der Waals surface area contributed by atoms with Gasteiger partial charge in [-0.1, -0.05) is 13.8 Å². The maximum atomic E-state index is 11.8. The van der Waals surface area contributed by atoms with Gasteiger partial charge < -0.3 is 5.11 Å². The van der Waals surface area contributed by atoms with Crippen LogP contribution in [-0.2, 0) is 4.79 Å². The second-order valence-corrected chi connectivity index (χ2v) is 5.34. The Hall–Kier alpha value is -0.0800. The van der Waals surface area contributed by atoms with Gasteiger partial charge in [0.05, 0.1) is 5.60 Å². The molecule has 2 rings (SSSR count). The molecule has 2 fully saturated rings. The van der Waals surface area contributed by atoms with Crippen LogP contribution in [0.25, 0.3) is 0 Å². The van der Waals surface area contributed by atoms with E-state index in [-0.39, 0.29) is 17.1 Å². The van der Waals surface area contributed by atoms with Crippen molar-refractivity contribution in [1.82, 2.24) is 0 Å². The number of Topliss-reactive ketones (excluding diaryl/α,β-unsaturated/α-hetero) is 1. The van der Waals surface area contributed by atoms with Crippen molar-refractivity contribution in [2.45, 2.75) is 38.2 Å². The highest BCUT2D eigenvalue weighted by atomic mass is 35.5. The highest BCUT2D eigenvalue weighted by Crippen LogP contribution is 2.69. The number of hydrogen-bond donors (Lipinski definition) is 1. The quantitative estimate of drug-likeness (QED) is 0.656.